The van der Waals surface area contributed by atoms with Gasteiger partial charge in [-0.1, -0.05) is 0 Å². The van der Waals surface area contributed by atoms with Crippen LogP contribution < -0.4 is 0 Å². The number of hydrogen-bond donors (Lipinski definition) is 0. The summed E-state index contributed by atoms with van der Waals surface area (Å²) in [5.41, 5.74) is 0. The Labute approximate surface area is 147 Å². The number of sulfonamides is 1. The summed E-state index contributed by atoms with van der Waals surface area (Å²) < 4.78 is 52.9. The molecule has 1 fully saturated rings. The molecule has 1 aromatic rings. The standard InChI is InChI=1S/C16H23F2N3O3S/c1-12(2)19(3)11-16(22)20-6-8-21(9-7-20)25(23,24)15-5-4-13(17)10-14(15)18/h4-5,10,12H,6-9,11H2,1-3H3. The summed E-state index contributed by atoms with van der Waals surface area (Å²) in [7, 11) is -2.20. The molecule has 1 aliphatic rings. The first kappa shape index (κ1) is 19.7. The molecular formula is C16H23F2N3O3S. The summed E-state index contributed by atoms with van der Waals surface area (Å²) in [5, 5.41) is 0. The van der Waals surface area contributed by atoms with E-state index in [2.05, 4.69) is 0 Å². The van der Waals surface area contributed by atoms with Crippen LogP contribution >= 0.6 is 0 Å². The fourth-order valence-corrected chi connectivity index (χ4v) is 3.96. The van der Waals surface area contributed by atoms with E-state index in [-0.39, 0.29) is 44.7 Å². The zero-order valence-corrected chi connectivity index (χ0v) is 15.4. The molecule has 6 nitrogen and oxygen atoms in total. The number of carbonyl (C=O) groups is 1. The highest BCUT2D eigenvalue weighted by Gasteiger charge is 2.32. The predicted molar refractivity (Wildman–Crippen MR) is 89.5 cm³/mol. The van der Waals surface area contributed by atoms with E-state index in [9.17, 15) is 22.0 Å². The van der Waals surface area contributed by atoms with E-state index >= 15 is 0 Å². The van der Waals surface area contributed by atoms with E-state index < -0.39 is 26.6 Å². The third kappa shape index (κ3) is 4.53. The maximum Gasteiger partial charge on any atom is 0.246 e. The molecule has 0 radical (unpaired) electrons. The normalized spacial score (nSPS) is 16.7. The van der Waals surface area contributed by atoms with Gasteiger partial charge in [0, 0.05) is 38.3 Å². The topological polar surface area (TPSA) is 60.9 Å². The molecular weight excluding hydrogens is 352 g/mol. The highest BCUT2D eigenvalue weighted by atomic mass is 32.2. The Kier molecular flexibility index (Phi) is 6.12. The molecule has 25 heavy (non-hydrogen) atoms. The molecule has 0 saturated carbocycles. The van der Waals surface area contributed by atoms with Gasteiger partial charge < -0.3 is 4.90 Å². The van der Waals surface area contributed by atoms with Crippen LogP contribution in [0, 0.1) is 11.6 Å². The third-order valence-corrected chi connectivity index (χ3v) is 6.30. The molecule has 0 aromatic heterocycles. The molecule has 1 saturated heterocycles. The van der Waals surface area contributed by atoms with Gasteiger partial charge in [-0.3, -0.25) is 9.69 Å². The van der Waals surface area contributed by atoms with Crippen LogP contribution in [0.1, 0.15) is 13.8 Å². The van der Waals surface area contributed by atoms with E-state index in [1.54, 1.807) is 4.90 Å². The van der Waals surface area contributed by atoms with Crippen LogP contribution in [-0.2, 0) is 14.8 Å². The third-order valence-electron chi connectivity index (χ3n) is 4.37. The molecule has 140 valence electrons. The Morgan fingerprint density at radius 2 is 1.80 bits per heavy atom. The lowest BCUT2D eigenvalue weighted by Gasteiger charge is -2.35. The number of carbonyl (C=O) groups excluding carboxylic acids is 1. The molecule has 0 unspecified atom stereocenters. The van der Waals surface area contributed by atoms with Crippen molar-refractivity contribution in [1.29, 1.82) is 0 Å². The van der Waals surface area contributed by atoms with Crippen molar-refractivity contribution in [2.75, 3.05) is 39.8 Å². The fourth-order valence-electron chi connectivity index (χ4n) is 2.50. The van der Waals surface area contributed by atoms with Crippen molar-refractivity contribution in [3.63, 3.8) is 0 Å². The van der Waals surface area contributed by atoms with Crippen molar-refractivity contribution in [2.24, 2.45) is 0 Å². The lowest BCUT2D eigenvalue weighted by Crippen LogP contribution is -2.52. The Morgan fingerprint density at radius 3 is 2.32 bits per heavy atom. The van der Waals surface area contributed by atoms with Crippen LogP contribution in [0.25, 0.3) is 0 Å². The summed E-state index contributed by atoms with van der Waals surface area (Å²) in [4.78, 5) is 15.2. The molecule has 0 spiro atoms. The number of amides is 1. The van der Waals surface area contributed by atoms with Gasteiger partial charge in [-0.25, -0.2) is 17.2 Å². The van der Waals surface area contributed by atoms with E-state index in [0.717, 1.165) is 16.4 Å². The highest BCUT2D eigenvalue weighted by molar-refractivity contribution is 7.89. The minimum absolute atomic E-state index is 0.0683. The van der Waals surface area contributed by atoms with E-state index in [0.29, 0.717) is 6.07 Å². The first-order chi connectivity index (χ1) is 11.6. The molecule has 0 atom stereocenters. The fraction of sp³-hybridized carbons (Fsp3) is 0.562. The van der Waals surface area contributed by atoms with Gasteiger partial charge in [-0.15, -0.1) is 0 Å². The van der Waals surface area contributed by atoms with E-state index in [1.807, 2.05) is 25.8 Å². The molecule has 0 bridgehead atoms. The number of hydrogen-bond acceptors (Lipinski definition) is 4. The van der Waals surface area contributed by atoms with Gasteiger partial charge in [0.25, 0.3) is 0 Å². The van der Waals surface area contributed by atoms with Crippen LogP contribution in [0.3, 0.4) is 0 Å². The maximum absolute atomic E-state index is 13.8. The summed E-state index contributed by atoms with van der Waals surface area (Å²) in [6.07, 6.45) is 0. The van der Waals surface area contributed by atoms with Gasteiger partial charge in [-0.2, -0.15) is 4.31 Å². The van der Waals surface area contributed by atoms with Crippen LogP contribution in [0.5, 0.6) is 0 Å². The number of likely N-dealkylation sites (N-methyl/N-ethyl adjacent to an activating group) is 1. The van der Waals surface area contributed by atoms with Crippen molar-refractivity contribution in [3.8, 4) is 0 Å². The average molecular weight is 375 g/mol. The molecule has 1 aliphatic heterocycles. The smallest absolute Gasteiger partial charge is 0.246 e. The first-order valence-corrected chi connectivity index (χ1v) is 9.50. The van der Waals surface area contributed by atoms with Crippen molar-refractivity contribution < 1.29 is 22.0 Å². The second kappa shape index (κ2) is 7.76. The number of benzene rings is 1. The van der Waals surface area contributed by atoms with Gasteiger partial charge >= 0.3 is 0 Å². The minimum Gasteiger partial charge on any atom is -0.339 e. The monoisotopic (exact) mass is 375 g/mol. The molecule has 0 aliphatic carbocycles. The Balaban J connectivity index is 2.02. The predicted octanol–water partition coefficient (Wildman–Crippen LogP) is 1.14. The minimum atomic E-state index is -4.05. The summed E-state index contributed by atoms with van der Waals surface area (Å²) >= 11 is 0. The molecule has 1 amide bonds. The summed E-state index contributed by atoms with van der Waals surface area (Å²) in [6.45, 7) is 4.87. The zero-order valence-electron chi connectivity index (χ0n) is 14.6. The van der Waals surface area contributed by atoms with Crippen LogP contribution in [0.4, 0.5) is 8.78 Å². The maximum atomic E-state index is 13.8. The van der Waals surface area contributed by atoms with Crippen molar-refractivity contribution in [2.45, 2.75) is 24.8 Å². The Bertz CT molecular complexity index is 732. The first-order valence-electron chi connectivity index (χ1n) is 8.06. The highest BCUT2D eigenvalue weighted by Crippen LogP contribution is 2.21. The van der Waals surface area contributed by atoms with Gasteiger partial charge in [0.2, 0.25) is 15.9 Å². The second-order valence-corrected chi connectivity index (χ2v) is 8.27. The lowest BCUT2D eigenvalue weighted by molar-refractivity contribution is -0.133. The van der Waals surface area contributed by atoms with Crippen LogP contribution in [0.15, 0.2) is 23.1 Å². The van der Waals surface area contributed by atoms with Gasteiger partial charge in [0.15, 0.2) is 0 Å². The van der Waals surface area contributed by atoms with Gasteiger partial charge in [0.1, 0.15) is 16.5 Å². The quantitative estimate of drug-likeness (QED) is 0.774. The molecule has 1 heterocycles. The lowest BCUT2D eigenvalue weighted by atomic mass is 10.3. The molecule has 1 aromatic carbocycles. The van der Waals surface area contributed by atoms with Gasteiger partial charge in [0.05, 0.1) is 6.54 Å². The molecule has 9 heteroatoms. The molecule has 2 rings (SSSR count). The van der Waals surface area contributed by atoms with Crippen molar-refractivity contribution >= 4 is 15.9 Å². The number of piperazine rings is 1. The Hall–Kier alpha value is -1.58. The SMILES string of the molecule is CC(C)N(C)CC(=O)N1CCN(S(=O)(=O)c2ccc(F)cc2F)CC1. The summed E-state index contributed by atoms with van der Waals surface area (Å²) in [5.74, 6) is -2.01. The van der Waals surface area contributed by atoms with Crippen LogP contribution in [0.2, 0.25) is 0 Å². The second-order valence-electron chi connectivity index (χ2n) is 6.37. The number of rotatable bonds is 5. The van der Waals surface area contributed by atoms with E-state index in [4.69, 9.17) is 0 Å². The summed E-state index contributed by atoms with van der Waals surface area (Å²) in [6, 6.07) is 2.62. The van der Waals surface area contributed by atoms with Crippen molar-refractivity contribution in [1.82, 2.24) is 14.1 Å². The Morgan fingerprint density at radius 1 is 1.20 bits per heavy atom. The van der Waals surface area contributed by atoms with Gasteiger partial charge in [-0.05, 0) is 33.0 Å². The number of halogens is 2. The largest absolute Gasteiger partial charge is 0.339 e. The van der Waals surface area contributed by atoms with E-state index in [1.165, 1.54) is 0 Å². The molecule has 0 N–H and O–H groups in total. The number of nitrogens with zero attached hydrogens (tertiary/aromatic N) is 3. The van der Waals surface area contributed by atoms with Crippen molar-refractivity contribution in [3.05, 3.63) is 29.8 Å². The average Bonchev–Trinajstić information content (AvgIpc) is 2.54. The zero-order chi connectivity index (χ0) is 18.8. The van der Waals surface area contributed by atoms with Crippen LogP contribution in [-0.4, -0.2) is 74.2 Å².